The number of aromatic nitrogens is 3. The fraction of sp³-hybridized carbons (Fsp3) is 0.389. The third-order valence-electron chi connectivity index (χ3n) is 4.04. The van der Waals surface area contributed by atoms with Crippen molar-refractivity contribution < 1.29 is 9.53 Å². The highest BCUT2D eigenvalue weighted by Gasteiger charge is 2.36. The molecule has 1 aliphatic rings. The minimum atomic E-state index is -0.466. The van der Waals surface area contributed by atoms with Crippen LogP contribution in [0.2, 0.25) is 5.02 Å². The van der Waals surface area contributed by atoms with Crippen LogP contribution in [0.25, 0.3) is 0 Å². The average molecular weight is 361 g/mol. The predicted octanol–water partition coefficient (Wildman–Crippen LogP) is 3.87. The van der Waals surface area contributed by atoms with Crippen molar-refractivity contribution in [2.45, 2.75) is 39.7 Å². The molecule has 0 fully saturated rings. The van der Waals surface area contributed by atoms with Crippen LogP contribution >= 0.6 is 11.6 Å². The fourth-order valence-corrected chi connectivity index (χ4v) is 3.30. The summed E-state index contributed by atoms with van der Waals surface area (Å²) in [5, 5.41) is 8.31. The number of benzene rings is 1. The van der Waals surface area contributed by atoms with E-state index in [1.807, 2.05) is 31.2 Å². The first-order valence-electron chi connectivity index (χ1n) is 8.41. The summed E-state index contributed by atoms with van der Waals surface area (Å²) < 4.78 is 7.04. The summed E-state index contributed by atoms with van der Waals surface area (Å²) >= 11 is 6.45. The van der Waals surface area contributed by atoms with Crippen LogP contribution in [0.3, 0.4) is 0 Å². The van der Waals surface area contributed by atoms with Gasteiger partial charge in [-0.05, 0) is 26.3 Å². The van der Waals surface area contributed by atoms with E-state index in [0.717, 1.165) is 17.7 Å². The smallest absolute Gasteiger partial charge is 0.338 e. The van der Waals surface area contributed by atoms with Crippen LogP contribution in [-0.4, -0.2) is 27.3 Å². The number of allylic oxidation sites excluding steroid dienone is 1. The Balaban J connectivity index is 2.23. The molecule has 3 rings (SSSR count). The number of hydrogen-bond acceptors (Lipinski definition) is 5. The second-order valence-electron chi connectivity index (χ2n) is 5.84. The van der Waals surface area contributed by atoms with Crippen molar-refractivity contribution in [3.63, 3.8) is 0 Å². The Morgan fingerprint density at radius 1 is 1.36 bits per heavy atom. The number of fused-ring (bicyclic) bond motifs is 1. The van der Waals surface area contributed by atoms with Gasteiger partial charge in [0.25, 0.3) is 0 Å². The Kier molecular flexibility index (Phi) is 5.08. The van der Waals surface area contributed by atoms with Gasteiger partial charge < -0.3 is 10.1 Å². The molecule has 1 aromatic heterocycles. The number of nitrogens with one attached hydrogen (secondary N) is 1. The van der Waals surface area contributed by atoms with Gasteiger partial charge in [0, 0.05) is 16.3 Å². The Hall–Kier alpha value is -2.34. The van der Waals surface area contributed by atoms with Crippen molar-refractivity contribution in [1.82, 2.24) is 14.8 Å². The number of nitrogens with zero attached hydrogens (tertiary/aromatic N) is 3. The zero-order valence-corrected chi connectivity index (χ0v) is 15.3. The minimum absolute atomic E-state index is 0.306. The predicted molar refractivity (Wildman–Crippen MR) is 96.5 cm³/mol. The summed E-state index contributed by atoms with van der Waals surface area (Å²) in [6, 6.07) is 7.01. The number of esters is 1. The minimum Gasteiger partial charge on any atom is -0.463 e. The molecule has 0 amide bonds. The van der Waals surface area contributed by atoms with Gasteiger partial charge >= 0.3 is 5.97 Å². The van der Waals surface area contributed by atoms with Gasteiger partial charge in [0.05, 0.1) is 12.2 Å². The van der Waals surface area contributed by atoms with E-state index in [0.29, 0.717) is 35.4 Å². The number of rotatable bonds is 5. The van der Waals surface area contributed by atoms with E-state index in [1.165, 1.54) is 0 Å². The number of aryl methyl sites for hydroxylation is 1. The average Bonchev–Trinajstić information content (AvgIpc) is 2.94. The molecule has 1 unspecified atom stereocenters. The third kappa shape index (κ3) is 3.26. The maximum atomic E-state index is 12.8. The Labute approximate surface area is 151 Å². The van der Waals surface area contributed by atoms with Crippen molar-refractivity contribution in [2.24, 2.45) is 0 Å². The third-order valence-corrected chi connectivity index (χ3v) is 4.38. The van der Waals surface area contributed by atoms with Gasteiger partial charge in [-0.3, -0.25) is 0 Å². The molecule has 0 radical (unpaired) electrons. The number of ether oxygens (including phenoxy) is 1. The zero-order chi connectivity index (χ0) is 18.0. The summed E-state index contributed by atoms with van der Waals surface area (Å²) in [4.78, 5) is 17.2. The van der Waals surface area contributed by atoms with E-state index >= 15 is 0 Å². The molecule has 7 heteroatoms. The van der Waals surface area contributed by atoms with Crippen molar-refractivity contribution in [2.75, 3.05) is 11.9 Å². The van der Waals surface area contributed by atoms with E-state index in [-0.39, 0.29) is 5.97 Å². The lowest BCUT2D eigenvalue weighted by molar-refractivity contribution is -0.139. The first kappa shape index (κ1) is 17.5. The molecular weight excluding hydrogens is 340 g/mol. The zero-order valence-electron chi connectivity index (χ0n) is 14.5. The van der Waals surface area contributed by atoms with Gasteiger partial charge in [0.15, 0.2) is 0 Å². The normalized spacial score (nSPS) is 16.4. The quantitative estimate of drug-likeness (QED) is 0.819. The van der Waals surface area contributed by atoms with Gasteiger partial charge in [-0.1, -0.05) is 43.1 Å². The Morgan fingerprint density at radius 2 is 2.12 bits per heavy atom. The lowest BCUT2D eigenvalue weighted by Gasteiger charge is -2.29. The summed E-state index contributed by atoms with van der Waals surface area (Å²) in [6.45, 7) is 5.98. The molecule has 132 valence electrons. The highest BCUT2D eigenvalue weighted by Crippen LogP contribution is 2.39. The van der Waals surface area contributed by atoms with E-state index in [4.69, 9.17) is 16.3 Å². The maximum absolute atomic E-state index is 12.8. The summed E-state index contributed by atoms with van der Waals surface area (Å²) in [7, 11) is 0. The molecule has 0 saturated heterocycles. The second kappa shape index (κ2) is 7.27. The monoisotopic (exact) mass is 360 g/mol. The van der Waals surface area contributed by atoms with E-state index in [2.05, 4.69) is 22.3 Å². The van der Waals surface area contributed by atoms with E-state index in [1.54, 1.807) is 11.6 Å². The fourth-order valence-electron chi connectivity index (χ4n) is 3.06. The van der Waals surface area contributed by atoms with Crippen molar-refractivity contribution in [1.29, 1.82) is 0 Å². The summed E-state index contributed by atoms with van der Waals surface area (Å²) in [5.74, 6) is 0.876. The number of anilines is 1. The molecule has 6 nitrogen and oxygen atoms in total. The van der Waals surface area contributed by atoms with Crippen LogP contribution in [0.4, 0.5) is 5.95 Å². The largest absolute Gasteiger partial charge is 0.463 e. The number of carbonyl (C=O) groups is 1. The molecule has 25 heavy (non-hydrogen) atoms. The summed E-state index contributed by atoms with van der Waals surface area (Å²) in [6.07, 6.45) is 1.59. The van der Waals surface area contributed by atoms with Crippen LogP contribution in [0.5, 0.6) is 0 Å². The Bertz CT molecular complexity index is 828. The SMILES string of the molecule is CCCC1=C(C(=O)OCC)C(c2ccccc2Cl)n2nc(C)nc2N1. The molecular formula is C18H21ClN4O2. The van der Waals surface area contributed by atoms with Gasteiger partial charge in [-0.15, -0.1) is 0 Å². The van der Waals surface area contributed by atoms with E-state index in [9.17, 15) is 4.79 Å². The van der Waals surface area contributed by atoms with Gasteiger partial charge in [0.1, 0.15) is 11.9 Å². The van der Waals surface area contributed by atoms with Crippen LogP contribution in [0.15, 0.2) is 35.5 Å². The van der Waals surface area contributed by atoms with Crippen molar-refractivity contribution >= 4 is 23.5 Å². The number of hydrogen-bond donors (Lipinski definition) is 1. The first-order chi connectivity index (χ1) is 12.1. The lowest BCUT2D eigenvalue weighted by Crippen LogP contribution is -2.30. The Morgan fingerprint density at radius 3 is 2.80 bits per heavy atom. The second-order valence-corrected chi connectivity index (χ2v) is 6.25. The first-order valence-corrected chi connectivity index (χ1v) is 8.79. The molecule has 0 spiro atoms. The van der Waals surface area contributed by atoms with E-state index < -0.39 is 6.04 Å². The highest BCUT2D eigenvalue weighted by molar-refractivity contribution is 6.31. The lowest BCUT2D eigenvalue weighted by atomic mass is 9.94. The molecule has 0 bridgehead atoms. The molecule has 0 aliphatic carbocycles. The molecule has 0 saturated carbocycles. The van der Waals surface area contributed by atoms with Crippen LogP contribution in [-0.2, 0) is 9.53 Å². The molecule has 2 aromatic rings. The topological polar surface area (TPSA) is 69.0 Å². The molecule has 2 heterocycles. The van der Waals surface area contributed by atoms with Crippen LogP contribution in [0, 0.1) is 6.92 Å². The summed E-state index contributed by atoms with van der Waals surface area (Å²) in [5.41, 5.74) is 2.15. The molecule has 1 aliphatic heterocycles. The highest BCUT2D eigenvalue weighted by atomic mass is 35.5. The molecule has 1 aromatic carbocycles. The van der Waals surface area contributed by atoms with Crippen LogP contribution < -0.4 is 5.32 Å². The number of carbonyl (C=O) groups excluding carboxylic acids is 1. The van der Waals surface area contributed by atoms with Gasteiger partial charge in [0.2, 0.25) is 5.95 Å². The van der Waals surface area contributed by atoms with Crippen molar-refractivity contribution in [3.8, 4) is 0 Å². The standard InChI is InChI=1S/C18H21ClN4O2/c1-4-8-14-15(17(24)25-5-2)16(12-9-6-7-10-13(12)19)23-18(21-14)20-11(3)22-23/h6-7,9-10,16H,4-5,8H2,1-3H3,(H,20,21,22). The number of halogens is 1. The van der Waals surface area contributed by atoms with Gasteiger partial charge in [-0.2, -0.15) is 10.1 Å². The maximum Gasteiger partial charge on any atom is 0.338 e. The molecule has 1 atom stereocenters. The van der Waals surface area contributed by atoms with Gasteiger partial charge in [-0.25, -0.2) is 9.48 Å². The van der Waals surface area contributed by atoms with Crippen molar-refractivity contribution in [3.05, 3.63) is 51.9 Å². The molecule has 1 N–H and O–H groups in total. The van der Waals surface area contributed by atoms with Crippen LogP contribution in [0.1, 0.15) is 44.1 Å².